The van der Waals surface area contributed by atoms with Gasteiger partial charge >= 0.3 is 5.97 Å². The molecule has 210 valence electrons. The van der Waals surface area contributed by atoms with Gasteiger partial charge in [0.1, 0.15) is 6.04 Å². The first kappa shape index (κ1) is 27.1. The summed E-state index contributed by atoms with van der Waals surface area (Å²) >= 11 is 1.53. The van der Waals surface area contributed by atoms with E-state index in [1.165, 1.54) is 11.8 Å². The van der Waals surface area contributed by atoms with Crippen LogP contribution in [0, 0.1) is 17.8 Å². The summed E-state index contributed by atoms with van der Waals surface area (Å²) in [6, 6.07) is 12.5. The molecule has 40 heavy (non-hydrogen) atoms. The lowest BCUT2D eigenvalue weighted by atomic mass is 9.74. The van der Waals surface area contributed by atoms with E-state index >= 15 is 0 Å². The highest BCUT2D eigenvalue weighted by molar-refractivity contribution is 8.02. The van der Waals surface area contributed by atoms with Crippen LogP contribution in [0.15, 0.2) is 66.8 Å². The minimum absolute atomic E-state index is 0.0947. The van der Waals surface area contributed by atoms with Crippen LogP contribution in [0.2, 0.25) is 0 Å². The number of allylic oxidation sites excluding steroid dienone is 1. The number of aliphatic hydroxyl groups is 1. The summed E-state index contributed by atoms with van der Waals surface area (Å²) in [6.07, 6.45) is 9.60. The van der Waals surface area contributed by atoms with E-state index < -0.39 is 33.4 Å². The molecule has 0 aliphatic carbocycles. The first-order chi connectivity index (χ1) is 19.2. The number of ether oxygens (including phenoxy) is 1. The van der Waals surface area contributed by atoms with Gasteiger partial charge < -0.3 is 19.6 Å². The standard InChI is InChI=1S/C32H36N2O5S/c1-20(2)24(19-35)34-27-29(37)33(23-13-12-21-10-5-6-11-22(21)18-23)16-9-15-32(27)25(28(34)36)26-30(38)39-17-8-4-7-14-31(26,3)40-32/h5-7,9-15,18,20,24-27,35H,4,8,16-17,19H2,1-3H3/b14-7-/t24-,25-,26+,27?,31-,32-/m0/s1. The highest BCUT2D eigenvalue weighted by Gasteiger charge is 2.74. The van der Waals surface area contributed by atoms with Crippen molar-refractivity contribution in [1.29, 1.82) is 0 Å². The quantitative estimate of drug-likeness (QED) is 0.442. The van der Waals surface area contributed by atoms with E-state index in [0.29, 0.717) is 13.2 Å². The van der Waals surface area contributed by atoms with Crippen molar-refractivity contribution in [3.05, 3.63) is 66.8 Å². The van der Waals surface area contributed by atoms with E-state index in [9.17, 15) is 19.5 Å². The Morgan fingerprint density at radius 3 is 2.55 bits per heavy atom. The summed E-state index contributed by atoms with van der Waals surface area (Å²) in [7, 11) is 0. The number of esters is 1. The molecule has 0 aromatic heterocycles. The smallest absolute Gasteiger partial charge is 0.311 e. The molecule has 1 unspecified atom stereocenters. The summed E-state index contributed by atoms with van der Waals surface area (Å²) < 4.78 is 4.00. The zero-order valence-corrected chi connectivity index (χ0v) is 24.0. The molecule has 6 atom stereocenters. The summed E-state index contributed by atoms with van der Waals surface area (Å²) in [5.41, 5.74) is 0.752. The Balaban J connectivity index is 1.51. The summed E-state index contributed by atoms with van der Waals surface area (Å²) in [5, 5.41) is 12.6. The third-order valence-electron chi connectivity index (χ3n) is 9.05. The monoisotopic (exact) mass is 560 g/mol. The number of aliphatic hydroxyl groups excluding tert-OH is 1. The number of cyclic esters (lactones) is 1. The van der Waals surface area contributed by atoms with Gasteiger partial charge in [0, 0.05) is 17.0 Å². The Hall–Kier alpha value is -3.10. The number of nitrogens with zero attached hydrogens (tertiary/aromatic N) is 2. The Morgan fingerprint density at radius 1 is 1.02 bits per heavy atom. The van der Waals surface area contributed by atoms with E-state index in [4.69, 9.17) is 4.74 Å². The number of carbonyl (C=O) groups is 3. The lowest BCUT2D eigenvalue weighted by molar-refractivity contribution is -0.154. The number of hydrogen-bond acceptors (Lipinski definition) is 6. The van der Waals surface area contributed by atoms with Crippen LogP contribution in [-0.4, -0.2) is 69.1 Å². The highest BCUT2D eigenvalue weighted by Crippen LogP contribution is 2.65. The van der Waals surface area contributed by atoms with E-state index in [2.05, 4.69) is 6.08 Å². The lowest BCUT2D eigenvalue weighted by Crippen LogP contribution is -2.58. The predicted octanol–water partition coefficient (Wildman–Crippen LogP) is 4.34. The zero-order chi connectivity index (χ0) is 28.2. The molecule has 4 heterocycles. The SMILES string of the molecule is CC(C)[C@H](CO)N1C(=O)[C@@H]2[C@@H]3C(=O)OCCC/C=C\[C@]3(C)S[C@@]23C=CCN(c2ccc4ccccc4c2)C(=O)C13. The Bertz CT molecular complexity index is 1420. The molecule has 2 saturated heterocycles. The number of hydrogen-bond donors (Lipinski definition) is 1. The molecule has 4 aliphatic heterocycles. The summed E-state index contributed by atoms with van der Waals surface area (Å²) in [5.74, 6) is -2.48. The molecular weight excluding hydrogens is 524 g/mol. The van der Waals surface area contributed by atoms with Gasteiger partial charge in [-0.1, -0.05) is 68.5 Å². The second-order valence-corrected chi connectivity index (χ2v) is 13.6. The zero-order valence-electron chi connectivity index (χ0n) is 23.2. The lowest BCUT2D eigenvalue weighted by Gasteiger charge is -2.41. The number of thioether (sulfide) groups is 1. The van der Waals surface area contributed by atoms with Crippen LogP contribution in [0.3, 0.4) is 0 Å². The van der Waals surface area contributed by atoms with Crippen molar-refractivity contribution < 1.29 is 24.2 Å². The average Bonchev–Trinajstić information content (AvgIpc) is 3.28. The first-order valence-corrected chi connectivity index (χ1v) is 15.0. The Kier molecular flexibility index (Phi) is 6.82. The maximum absolute atomic E-state index is 14.7. The fourth-order valence-electron chi connectivity index (χ4n) is 7.13. The Labute approximate surface area is 239 Å². The minimum atomic E-state index is -0.982. The van der Waals surface area contributed by atoms with E-state index in [1.54, 1.807) is 9.80 Å². The van der Waals surface area contributed by atoms with Crippen LogP contribution in [-0.2, 0) is 19.1 Å². The second kappa shape index (κ2) is 10.1. The molecule has 8 heteroatoms. The molecule has 1 spiro atoms. The van der Waals surface area contributed by atoms with Crippen LogP contribution < -0.4 is 4.90 Å². The minimum Gasteiger partial charge on any atom is -0.465 e. The number of likely N-dealkylation sites (tertiary alicyclic amines) is 1. The molecule has 2 fully saturated rings. The summed E-state index contributed by atoms with van der Waals surface area (Å²) in [6.45, 7) is 6.26. The van der Waals surface area contributed by atoms with Gasteiger partial charge in [0.15, 0.2) is 0 Å². The number of anilines is 1. The maximum atomic E-state index is 14.7. The second-order valence-electron chi connectivity index (χ2n) is 11.8. The maximum Gasteiger partial charge on any atom is 0.311 e. The molecule has 2 aromatic rings. The van der Waals surface area contributed by atoms with E-state index in [1.807, 2.05) is 81.5 Å². The van der Waals surface area contributed by atoms with Gasteiger partial charge in [-0.3, -0.25) is 14.4 Å². The van der Waals surface area contributed by atoms with Crippen molar-refractivity contribution in [2.75, 3.05) is 24.7 Å². The van der Waals surface area contributed by atoms with Crippen LogP contribution >= 0.6 is 11.8 Å². The molecule has 2 aromatic carbocycles. The van der Waals surface area contributed by atoms with Gasteiger partial charge in [-0.25, -0.2) is 0 Å². The fraction of sp³-hybridized carbons (Fsp3) is 0.469. The molecule has 4 aliphatic rings. The molecule has 7 nitrogen and oxygen atoms in total. The first-order valence-electron chi connectivity index (χ1n) is 14.2. The number of carbonyl (C=O) groups excluding carboxylic acids is 3. The predicted molar refractivity (Wildman–Crippen MR) is 157 cm³/mol. The highest BCUT2D eigenvalue weighted by atomic mass is 32.2. The number of fused-ring (bicyclic) bond motifs is 3. The fourth-order valence-corrected chi connectivity index (χ4v) is 9.27. The molecule has 6 rings (SSSR count). The molecule has 0 saturated carbocycles. The van der Waals surface area contributed by atoms with Crippen LogP contribution in [0.1, 0.15) is 33.6 Å². The molecule has 0 bridgehead atoms. The van der Waals surface area contributed by atoms with Gasteiger partial charge in [0.05, 0.1) is 35.8 Å². The molecular formula is C32H36N2O5S. The topological polar surface area (TPSA) is 87.2 Å². The van der Waals surface area contributed by atoms with Gasteiger partial charge in [0.25, 0.3) is 5.91 Å². The van der Waals surface area contributed by atoms with Gasteiger partial charge in [-0.15, -0.1) is 11.8 Å². The largest absolute Gasteiger partial charge is 0.465 e. The number of benzene rings is 2. The van der Waals surface area contributed by atoms with E-state index in [0.717, 1.165) is 29.3 Å². The van der Waals surface area contributed by atoms with Crippen LogP contribution in [0.5, 0.6) is 0 Å². The van der Waals surface area contributed by atoms with Crippen molar-refractivity contribution in [3.63, 3.8) is 0 Å². The van der Waals surface area contributed by atoms with E-state index in [-0.39, 0.29) is 30.3 Å². The third-order valence-corrected chi connectivity index (χ3v) is 10.8. The van der Waals surface area contributed by atoms with Crippen molar-refractivity contribution in [1.82, 2.24) is 4.90 Å². The van der Waals surface area contributed by atoms with Crippen molar-refractivity contribution in [2.45, 2.75) is 55.2 Å². The Morgan fingerprint density at radius 2 is 1.80 bits per heavy atom. The van der Waals surface area contributed by atoms with Crippen molar-refractivity contribution in [3.8, 4) is 0 Å². The number of rotatable bonds is 4. The van der Waals surface area contributed by atoms with Crippen LogP contribution in [0.25, 0.3) is 10.8 Å². The molecule has 2 amide bonds. The van der Waals surface area contributed by atoms with Crippen molar-refractivity contribution >= 4 is 46.0 Å². The molecule has 0 radical (unpaired) electrons. The van der Waals surface area contributed by atoms with Gasteiger partial charge in [0.2, 0.25) is 5.91 Å². The number of amides is 2. The van der Waals surface area contributed by atoms with Crippen LogP contribution in [0.4, 0.5) is 5.69 Å². The van der Waals surface area contributed by atoms with Gasteiger partial charge in [-0.2, -0.15) is 0 Å². The van der Waals surface area contributed by atoms with Crippen molar-refractivity contribution in [2.24, 2.45) is 17.8 Å². The van der Waals surface area contributed by atoms with Gasteiger partial charge in [-0.05, 0) is 48.6 Å². The summed E-state index contributed by atoms with van der Waals surface area (Å²) in [4.78, 5) is 46.2. The average molecular weight is 561 g/mol. The third kappa shape index (κ3) is 4.02. The normalized spacial score (nSPS) is 33.5. The molecule has 1 N–H and O–H groups in total.